The number of imidazole rings is 3. The molecule has 27 heavy (non-hydrogen) atoms. The fraction of sp³-hybridized carbons (Fsp3) is 0.500. The maximum absolute atomic E-state index is 4.10. The Morgan fingerprint density at radius 2 is 0.815 bits per heavy atom. The van der Waals surface area contributed by atoms with Crippen LogP contribution >= 0.6 is 37.9 Å². The third-order valence-electron chi connectivity index (χ3n) is 3.40. The Hall–Kier alpha value is -1.32. The number of thiol groups is 3. The van der Waals surface area contributed by atoms with E-state index in [0.717, 1.165) is 56.2 Å². The van der Waals surface area contributed by atoms with Gasteiger partial charge in [-0.25, -0.2) is 15.0 Å². The lowest BCUT2D eigenvalue weighted by Gasteiger charge is -1.96. The lowest BCUT2D eigenvalue weighted by atomic mass is 10.5. The van der Waals surface area contributed by atoms with Crippen molar-refractivity contribution in [2.75, 3.05) is 17.3 Å². The molecule has 0 aromatic carbocycles. The second-order valence-electron chi connectivity index (χ2n) is 5.63. The molecule has 0 radical (unpaired) electrons. The largest absolute Gasteiger partial charge is 0.337 e. The minimum atomic E-state index is 0.943. The van der Waals surface area contributed by atoms with Crippen molar-refractivity contribution >= 4 is 37.9 Å². The van der Waals surface area contributed by atoms with Crippen molar-refractivity contribution in [2.45, 2.75) is 38.9 Å². The molecule has 3 heterocycles. The average Bonchev–Trinajstić information content (AvgIpc) is 3.47. The summed E-state index contributed by atoms with van der Waals surface area (Å²) >= 11 is 12.3. The van der Waals surface area contributed by atoms with Crippen LogP contribution in [0.1, 0.15) is 19.3 Å². The predicted molar refractivity (Wildman–Crippen MR) is 122 cm³/mol. The van der Waals surface area contributed by atoms with Gasteiger partial charge in [-0.2, -0.15) is 37.9 Å². The number of aromatic nitrogens is 6. The van der Waals surface area contributed by atoms with Crippen LogP contribution in [0.25, 0.3) is 0 Å². The van der Waals surface area contributed by atoms with Gasteiger partial charge >= 0.3 is 0 Å². The van der Waals surface area contributed by atoms with Gasteiger partial charge in [-0.3, -0.25) is 0 Å². The Labute approximate surface area is 178 Å². The molecule has 0 N–H and O–H groups in total. The highest BCUT2D eigenvalue weighted by Crippen LogP contribution is 1.92. The molecule has 3 aromatic rings. The Balaban J connectivity index is 0.000000202. The van der Waals surface area contributed by atoms with Gasteiger partial charge in [0.1, 0.15) is 0 Å². The van der Waals surface area contributed by atoms with Gasteiger partial charge in [-0.05, 0) is 36.5 Å². The number of hydrogen-bond donors (Lipinski definition) is 3. The van der Waals surface area contributed by atoms with E-state index in [1.165, 1.54) is 0 Å². The molecule has 0 unspecified atom stereocenters. The van der Waals surface area contributed by atoms with Crippen molar-refractivity contribution < 1.29 is 0 Å². The summed E-state index contributed by atoms with van der Waals surface area (Å²) in [5, 5.41) is 0. The number of aryl methyl sites for hydroxylation is 3. The van der Waals surface area contributed by atoms with Crippen molar-refractivity contribution in [1.29, 1.82) is 0 Å². The van der Waals surface area contributed by atoms with Crippen LogP contribution in [0.2, 0.25) is 0 Å². The monoisotopic (exact) mass is 426 g/mol. The SMILES string of the molecule is SCCCn1ccnc1.SCCCn1ccnc1.SCCCn1ccnc1. The van der Waals surface area contributed by atoms with Crippen LogP contribution in [-0.2, 0) is 19.6 Å². The van der Waals surface area contributed by atoms with Crippen molar-refractivity contribution in [2.24, 2.45) is 0 Å². The Morgan fingerprint density at radius 3 is 1.00 bits per heavy atom. The first-order valence-electron chi connectivity index (χ1n) is 9.00. The van der Waals surface area contributed by atoms with Gasteiger partial charge in [0.25, 0.3) is 0 Å². The van der Waals surface area contributed by atoms with Crippen molar-refractivity contribution in [1.82, 2.24) is 28.7 Å². The molecule has 6 nitrogen and oxygen atoms in total. The smallest absolute Gasteiger partial charge is 0.0945 e. The van der Waals surface area contributed by atoms with E-state index in [1.807, 2.05) is 37.6 Å². The van der Waals surface area contributed by atoms with Crippen molar-refractivity contribution in [3.05, 3.63) is 56.2 Å². The first kappa shape index (κ1) is 23.7. The molecule has 3 rings (SSSR count). The average molecular weight is 427 g/mol. The van der Waals surface area contributed by atoms with Crippen molar-refractivity contribution in [3.8, 4) is 0 Å². The quantitative estimate of drug-likeness (QED) is 0.458. The number of rotatable bonds is 9. The summed E-state index contributed by atoms with van der Waals surface area (Å²) in [7, 11) is 0. The van der Waals surface area contributed by atoms with Gasteiger partial charge in [0.15, 0.2) is 0 Å². The first-order valence-corrected chi connectivity index (χ1v) is 10.9. The molecule has 0 aliphatic rings. The zero-order chi connectivity index (χ0) is 19.6. The molecule has 0 saturated heterocycles. The molecule has 0 aliphatic carbocycles. The Morgan fingerprint density at radius 1 is 0.519 bits per heavy atom. The molecular weight excluding hydrogens is 396 g/mol. The fourth-order valence-electron chi connectivity index (χ4n) is 2.02. The van der Waals surface area contributed by atoms with Crippen LogP contribution in [0, 0.1) is 0 Å². The van der Waals surface area contributed by atoms with E-state index in [4.69, 9.17) is 0 Å². The van der Waals surface area contributed by atoms with Crippen LogP contribution in [0.15, 0.2) is 56.2 Å². The van der Waals surface area contributed by atoms with E-state index in [1.54, 1.807) is 18.6 Å². The topological polar surface area (TPSA) is 53.5 Å². The summed E-state index contributed by atoms with van der Waals surface area (Å²) in [6, 6.07) is 0. The molecular formula is C18H30N6S3. The number of nitrogens with zero attached hydrogens (tertiary/aromatic N) is 6. The van der Waals surface area contributed by atoms with Crippen LogP contribution in [0.5, 0.6) is 0 Å². The van der Waals surface area contributed by atoms with E-state index < -0.39 is 0 Å². The fourth-order valence-corrected chi connectivity index (χ4v) is 2.44. The summed E-state index contributed by atoms with van der Waals surface area (Å²) in [4.78, 5) is 11.7. The summed E-state index contributed by atoms with van der Waals surface area (Å²) < 4.78 is 6.16. The lowest BCUT2D eigenvalue weighted by Crippen LogP contribution is -1.93. The summed E-state index contributed by atoms with van der Waals surface area (Å²) in [6.07, 6.45) is 20.1. The zero-order valence-electron chi connectivity index (χ0n) is 15.6. The van der Waals surface area contributed by atoms with Gasteiger partial charge < -0.3 is 13.7 Å². The molecule has 150 valence electrons. The van der Waals surface area contributed by atoms with Crippen LogP contribution < -0.4 is 0 Å². The molecule has 0 amide bonds. The highest BCUT2D eigenvalue weighted by molar-refractivity contribution is 7.80. The molecule has 0 fully saturated rings. The van der Waals surface area contributed by atoms with Gasteiger partial charge in [0.05, 0.1) is 19.0 Å². The lowest BCUT2D eigenvalue weighted by molar-refractivity contribution is 0.684. The van der Waals surface area contributed by atoms with Gasteiger partial charge in [0.2, 0.25) is 0 Å². The van der Waals surface area contributed by atoms with Gasteiger partial charge in [-0.1, -0.05) is 0 Å². The molecule has 0 spiro atoms. The van der Waals surface area contributed by atoms with E-state index in [2.05, 4.69) is 66.5 Å². The highest BCUT2D eigenvalue weighted by atomic mass is 32.1. The summed E-state index contributed by atoms with van der Waals surface area (Å²) in [5.74, 6) is 2.83. The first-order chi connectivity index (χ1) is 13.3. The molecule has 3 aromatic heterocycles. The van der Waals surface area contributed by atoms with E-state index in [0.29, 0.717) is 0 Å². The molecule has 0 atom stereocenters. The third-order valence-corrected chi connectivity index (χ3v) is 4.35. The van der Waals surface area contributed by atoms with E-state index in [-0.39, 0.29) is 0 Å². The number of hydrogen-bond acceptors (Lipinski definition) is 6. The minimum absolute atomic E-state index is 0.943. The van der Waals surface area contributed by atoms with Crippen LogP contribution in [-0.4, -0.2) is 45.9 Å². The summed E-state index contributed by atoms with van der Waals surface area (Å²) in [5.41, 5.74) is 0. The summed E-state index contributed by atoms with van der Waals surface area (Å²) in [6.45, 7) is 3.09. The highest BCUT2D eigenvalue weighted by Gasteiger charge is 1.87. The van der Waals surface area contributed by atoms with Crippen LogP contribution in [0.4, 0.5) is 0 Å². The molecule has 9 heteroatoms. The molecule has 0 bridgehead atoms. The van der Waals surface area contributed by atoms with E-state index in [9.17, 15) is 0 Å². The Kier molecular flexibility index (Phi) is 14.8. The molecule has 0 saturated carbocycles. The maximum atomic E-state index is 4.10. The minimum Gasteiger partial charge on any atom is -0.337 e. The van der Waals surface area contributed by atoms with Crippen LogP contribution in [0.3, 0.4) is 0 Å². The second kappa shape index (κ2) is 16.8. The second-order valence-corrected chi connectivity index (χ2v) is 6.97. The van der Waals surface area contributed by atoms with Gasteiger partial charge in [0, 0.05) is 56.8 Å². The normalized spacial score (nSPS) is 9.89. The zero-order valence-corrected chi connectivity index (χ0v) is 18.3. The standard InChI is InChI=1S/3C6H10N2S/c3*9-5-1-3-8-4-2-7-6-8/h3*2,4,6,9H,1,3,5H2. The Bertz CT molecular complexity index is 535. The van der Waals surface area contributed by atoms with Crippen molar-refractivity contribution in [3.63, 3.8) is 0 Å². The third kappa shape index (κ3) is 12.6. The maximum Gasteiger partial charge on any atom is 0.0945 e. The molecule has 0 aliphatic heterocycles. The van der Waals surface area contributed by atoms with E-state index >= 15 is 0 Å². The van der Waals surface area contributed by atoms with Gasteiger partial charge in [-0.15, -0.1) is 0 Å². The predicted octanol–water partition coefficient (Wildman–Crippen LogP) is 3.61.